The van der Waals surface area contributed by atoms with Gasteiger partial charge in [0.1, 0.15) is 12.8 Å². The van der Waals surface area contributed by atoms with E-state index in [4.69, 9.17) is 4.74 Å². The van der Waals surface area contributed by atoms with Gasteiger partial charge in [-0.15, -0.1) is 9.36 Å². The highest BCUT2D eigenvalue weighted by Crippen LogP contribution is 2.22. The standard InChI is InChI=1S/C22H20N3O/c1-24-22(20-10-6-3-7-11-20)16-25(23-24)17-26-21-14-12-19(13-15-21)18-8-4-2-5-9-18/h2-16H,17H2,1H3/q+1. The summed E-state index contributed by atoms with van der Waals surface area (Å²) in [5.41, 5.74) is 4.56. The Bertz CT molecular complexity index is 977. The second-order valence-corrected chi connectivity index (χ2v) is 6.10. The lowest BCUT2D eigenvalue weighted by Crippen LogP contribution is -2.38. The largest absolute Gasteiger partial charge is 0.452 e. The fraction of sp³-hybridized carbons (Fsp3) is 0.0909. The molecule has 0 saturated carbocycles. The second kappa shape index (κ2) is 7.23. The molecule has 4 heteroatoms. The summed E-state index contributed by atoms with van der Waals surface area (Å²) < 4.78 is 9.53. The minimum absolute atomic E-state index is 0.366. The van der Waals surface area contributed by atoms with E-state index in [1.165, 1.54) is 11.1 Å². The number of rotatable bonds is 5. The van der Waals surface area contributed by atoms with Crippen LogP contribution in [0.5, 0.6) is 5.75 Å². The highest BCUT2D eigenvalue weighted by Gasteiger charge is 2.14. The van der Waals surface area contributed by atoms with Crippen LogP contribution in [0.25, 0.3) is 22.4 Å². The Balaban J connectivity index is 1.45. The molecule has 26 heavy (non-hydrogen) atoms. The van der Waals surface area contributed by atoms with Crippen molar-refractivity contribution in [3.05, 3.63) is 91.1 Å². The van der Waals surface area contributed by atoms with Crippen molar-refractivity contribution in [2.45, 2.75) is 6.73 Å². The Kier molecular flexibility index (Phi) is 4.48. The van der Waals surface area contributed by atoms with E-state index in [0.717, 1.165) is 17.0 Å². The summed E-state index contributed by atoms with van der Waals surface area (Å²) >= 11 is 0. The van der Waals surface area contributed by atoms with Crippen molar-refractivity contribution in [2.24, 2.45) is 7.05 Å². The van der Waals surface area contributed by atoms with Crippen molar-refractivity contribution in [3.8, 4) is 28.1 Å². The van der Waals surface area contributed by atoms with Crippen molar-refractivity contribution in [1.82, 2.24) is 9.90 Å². The molecule has 0 aliphatic heterocycles. The van der Waals surface area contributed by atoms with E-state index in [1.807, 2.05) is 66.5 Å². The molecular weight excluding hydrogens is 322 g/mol. The van der Waals surface area contributed by atoms with Crippen molar-refractivity contribution >= 4 is 0 Å². The van der Waals surface area contributed by atoms with Gasteiger partial charge in [-0.2, -0.15) is 0 Å². The van der Waals surface area contributed by atoms with E-state index in [9.17, 15) is 0 Å². The fourth-order valence-corrected chi connectivity index (χ4v) is 2.92. The van der Waals surface area contributed by atoms with E-state index in [2.05, 4.69) is 41.6 Å². The molecule has 0 aliphatic carbocycles. The lowest BCUT2D eigenvalue weighted by atomic mass is 10.1. The summed E-state index contributed by atoms with van der Waals surface area (Å²) in [6.45, 7) is 0.366. The number of aryl methyl sites for hydroxylation is 1. The number of hydrogen-bond donors (Lipinski definition) is 0. The minimum Gasteiger partial charge on any atom is -0.452 e. The number of nitrogens with zero attached hydrogens (tertiary/aromatic N) is 3. The molecule has 4 aromatic rings. The highest BCUT2D eigenvalue weighted by atomic mass is 16.5. The topological polar surface area (TPSA) is 30.9 Å². The molecule has 0 amide bonds. The molecule has 1 heterocycles. The van der Waals surface area contributed by atoms with Gasteiger partial charge in [0, 0.05) is 5.56 Å². The van der Waals surface area contributed by atoms with E-state index in [0.29, 0.717) is 6.73 Å². The van der Waals surface area contributed by atoms with Crippen LogP contribution < -0.4 is 9.42 Å². The molecule has 1 aromatic heterocycles. The predicted molar refractivity (Wildman–Crippen MR) is 101 cm³/mol. The van der Waals surface area contributed by atoms with Gasteiger partial charge in [-0.1, -0.05) is 72.8 Å². The lowest BCUT2D eigenvalue weighted by molar-refractivity contribution is -0.779. The summed E-state index contributed by atoms with van der Waals surface area (Å²) in [5, 5.41) is 4.48. The maximum atomic E-state index is 5.87. The summed E-state index contributed by atoms with van der Waals surface area (Å²) in [4.78, 5) is 0. The molecule has 0 aliphatic rings. The van der Waals surface area contributed by atoms with E-state index < -0.39 is 0 Å². The van der Waals surface area contributed by atoms with Crippen LogP contribution in [0.1, 0.15) is 0 Å². The second-order valence-electron chi connectivity index (χ2n) is 6.10. The normalized spacial score (nSPS) is 10.7. The number of hydrogen-bond acceptors (Lipinski definition) is 2. The Hall–Kier alpha value is -3.40. The first-order valence-corrected chi connectivity index (χ1v) is 8.57. The van der Waals surface area contributed by atoms with Crippen LogP contribution >= 0.6 is 0 Å². The zero-order valence-corrected chi connectivity index (χ0v) is 14.6. The van der Waals surface area contributed by atoms with Crippen molar-refractivity contribution in [1.29, 1.82) is 0 Å². The molecule has 0 bridgehead atoms. The van der Waals surface area contributed by atoms with Gasteiger partial charge >= 0.3 is 0 Å². The molecule has 0 radical (unpaired) electrons. The number of benzene rings is 3. The molecule has 0 fully saturated rings. The molecule has 3 aromatic carbocycles. The number of aromatic nitrogens is 3. The molecule has 4 nitrogen and oxygen atoms in total. The van der Waals surface area contributed by atoms with Crippen LogP contribution in [0.15, 0.2) is 91.1 Å². The molecule has 0 unspecified atom stereocenters. The third-order valence-corrected chi connectivity index (χ3v) is 4.26. The first-order valence-electron chi connectivity index (χ1n) is 8.57. The number of ether oxygens (including phenoxy) is 1. The van der Waals surface area contributed by atoms with E-state index in [-0.39, 0.29) is 0 Å². The maximum Gasteiger partial charge on any atom is 0.253 e. The van der Waals surface area contributed by atoms with E-state index in [1.54, 1.807) is 4.68 Å². The Morgan fingerprint density at radius 1 is 0.769 bits per heavy atom. The van der Waals surface area contributed by atoms with E-state index >= 15 is 0 Å². The van der Waals surface area contributed by atoms with Gasteiger partial charge in [0.2, 0.25) is 0 Å². The first-order chi connectivity index (χ1) is 12.8. The van der Waals surface area contributed by atoms with Crippen molar-refractivity contribution < 1.29 is 9.42 Å². The van der Waals surface area contributed by atoms with Gasteiger partial charge < -0.3 is 4.74 Å². The van der Waals surface area contributed by atoms with Gasteiger partial charge in [0.05, 0.1) is 5.21 Å². The average molecular weight is 342 g/mol. The molecule has 128 valence electrons. The van der Waals surface area contributed by atoms with Crippen molar-refractivity contribution in [3.63, 3.8) is 0 Å². The predicted octanol–water partition coefficient (Wildman–Crippen LogP) is 4.08. The van der Waals surface area contributed by atoms with Gasteiger partial charge in [-0.3, -0.25) is 0 Å². The molecule has 0 spiro atoms. The molecule has 0 atom stereocenters. The van der Waals surface area contributed by atoms with Crippen LogP contribution in [0.2, 0.25) is 0 Å². The highest BCUT2D eigenvalue weighted by molar-refractivity contribution is 5.63. The quantitative estimate of drug-likeness (QED) is 0.512. The Labute approximate surface area is 152 Å². The first kappa shape index (κ1) is 16.1. The molecule has 4 rings (SSSR count). The van der Waals surface area contributed by atoms with Crippen molar-refractivity contribution in [2.75, 3.05) is 0 Å². The SMILES string of the molecule is Cn1n[n+](COc2ccc(-c3ccccc3)cc2)cc1-c1ccccc1. The fourth-order valence-electron chi connectivity index (χ4n) is 2.92. The van der Waals surface area contributed by atoms with Crippen LogP contribution in [0.3, 0.4) is 0 Å². The Morgan fingerprint density at radius 2 is 1.35 bits per heavy atom. The lowest BCUT2D eigenvalue weighted by Gasteiger charge is -2.05. The summed E-state index contributed by atoms with van der Waals surface area (Å²) in [5.74, 6) is 0.823. The van der Waals surface area contributed by atoms with Gasteiger partial charge in [-0.05, 0) is 23.3 Å². The molecule has 0 saturated heterocycles. The third-order valence-electron chi connectivity index (χ3n) is 4.26. The summed E-state index contributed by atoms with van der Waals surface area (Å²) in [6, 6.07) is 28.6. The van der Waals surface area contributed by atoms with Gasteiger partial charge in [0.15, 0.2) is 11.9 Å². The van der Waals surface area contributed by atoms with Crippen LogP contribution in [0.4, 0.5) is 0 Å². The average Bonchev–Trinajstić information content (AvgIpc) is 3.09. The zero-order chi connectivity index (χ0) is 17.8. The van der Waals surface area contributed by atoms with Gasteiger partial charge in [-0.25, -0.2) is 0 Å². The molecular formula is C22H20N3O+. The molecule has 0 N–H and O–H groups in total. The maximum absolute atomic E-state index is 5.87. The zero-order valence-electron chi connectivity index (χ0n) is 14.6. The third kappa shape index (κ3) is 3.49. The monoisotopic (exact) mass is 342 g/mol. The Morgan fingerprint density at radius 3 is 2.00 bits per heavy atom. The van der Waals surface area contributed by atoms with Gasteiger partial charge in [0.25, 0.3) is 6.73 Å². The van der Waals surface area contributed by atoms with Crippen LogP contribution in [-0.2, 0) is 13.8 Å². The smallest absolute Gasteiger partial charge is 0.253 e. The van der Waals surface area contributed by atoms with Crippen LogP contribution in [-0.4, -0.2) is 9.90 Å². The van der Waals surface area contributed by atoms with Crippen LogP contribution in [0, 0.1) is 0 Å². The summed E-state index contributed by atoms with van der Waals surface area (Å²) in [6.07, 6.45) is 1.99. The summed E-state index contributed by atoms with van der Waals surface area (Å²) in [7, 11) is 1.94. The minimum atomic E-state index is 0.366.